The molecule has 9 heteroatoms. The van der Waals surface area contributed by atoms with Crippen molar-refractivity contribution in [3.63, 3.8) is 0 Å². The summed E-state index contributed by atoms with van der Waals surface area (Å²) in [5.41, 5.74) is 1.01. The molecule has 0 aliphatic carbocycles. The number of thioether (sulfide) groups is 1. The Balaban J connectivity index is 2.03. The molecule has 0 bridgehead atoms. The lowest BCUT2D eigenvalue weighted by molar-refractivity contribution is -0.301. The minimum absolute atomic E-state index is 0.0680. The quantitative estimate of drug-likeness (QED) is 0.603. The molecule has 0 saturated carbocycles. The van der Waals surface area contributed by atoms with Gasteiger partial charge in [-0.2, -0.15) is 0 Å². The van der Waals surface area contributed by atoms with Crippen LogP contribution in [0.25, 0.3) is 0 Å². The molecular weight excluding hydrogens is 316 g/mol. The van der Waals surface area contributed by atoms with Crippen LogP contribution in [0.15, 0.2) is 23.4 Å². The summed E-state index contributed by atoms with van der Waals surface area (Å²) in [4.78, 5) is 10.4. The van der Waals surface area contributed by atoms with Gasteiger partial charge in [0.25, 0.3) is 0 Å². The average Bonchev–Trinajstić information content (AvgIpc) is 2.78. The molecule has 0 aliphatic rings. The monoisotopic (exact) mass is 327 g/mol. The lowest BCUT2D eigenvalue weighted by Crippen LogP contribution is -2.25. The predicted molar refractivity (Wildman–Crippen MR) is 76.4 cm³/mol. The number of ether oxygens (including phenoxy) is 1. The first-order valence-electron chi connectivity index (χ1n) is 5.88. The van der Waals surface area contributed by atoms with Gasteiger partial charge in [0.1, 0.15) is 12.4 Å². The SMILES string of the molecule is Cc1ccc(Cl)c(OCc2nnc(SCC(=O)[O-])n2N)c1. The fraction of sp³-hybridized carbons (Fsp3) is 0.250. The highest BCUT2D eigenvalue weighted by Crippen LogP contribution is 2.26. The number of carboxylic acids is 1. The number of nitrogens with two attached hydrogens (primary N) is 1. The Hall–Kier alpha value is -1.93. The van der Waals surface area contributed by atoms with Gasteiger partial charge >= 0.3 is 0 Å². The number of rotatable bonds is 6. The largest absolute Gasteiger partial charge is 0.549 e. The molecule has 0 atom stereocenters. The van der Waals surface area contributed by atoms with Gasteiger partial charge in [-0.05, 0) is 24.6 Å². The van der Waals surface area contributed by atoms with Crippen LogP contribution in [0.5, 0.6) is 5.75 Å². The summed E-state index contributed by atoms with van der Waals surface area (Å²) < 4.78 is 6.73. The number of aliphatic carboxylic acids is 1. The number of nitrogens with zero attached hydrogens (tertiary/aromatic N) is 3. The van der Waals surface area contributed by atoms with Crippen molar-refractivity contribution in [2.24, 2.45) is 0 Å². The number of aromatic nitrogens is 3. The standard InChI is InChI=1S/C12H13ClN4O3S/c1-7-2-3-8(13)9(4-7)20-5-10-15-16-12(17(10)14)21-6-11(18)19/h2-4H,5-6,14H2,1H3,(H,18,19)/p-1. The van der Waals surface area contributed by atoms with Crippen LogP contribution in [0.1, 0.15) is 11.4 Å². The molecule has 0 amide bonds. The maximum Gasteiger partial charge on any atom is 0.210 e. The number of aryl methyl sites for hydroxylation is 1. The second kappa shape index (κ2) is 6.68. The summed E-state index contributed by atoms with van der Waals surface area (Å²) in [5, 5.41) is 18.8. The third-order valence-electron chi connectivity index (χ3n) is 2.50. The van der Waals surface area contributed by atoms with E-state index in [0.717, 1.165) is 17.3 Å². The molecule has 0 saturated heterocycles. The number of halogens is 1. The summed E-state index contributed by atoms with van der Waals surface area (Å²) >= 11 is 6.94. The van der Waals surface area contributed by atoms with Crippen LogP contribution in [0.4, 0.5) is 0 Å². The molecule has 112 valence electrons. The molecule has 2 N–H and O–H groups in total. The number of carboxylic acid groups (broad SMARTS) is 1. The van der Waals surface area contributed by atoms with Gasteiger partial charge in [0.15, 0.2) is 5.82 Å². The highest BCUT2D eigenvalue weighted by Gasteiger charge is 2.11. The van der Waals surface area contributed by atoms with Gasteiger partial charge < -0.3 is 20.5 Å². The Morgan fingerprint density at radius 3 is 3.00 bits per heavy atom. The zero-order chi connectivity index (χ0) is 15.4. The Morgan fingerprint density at radius 2 is 2.29 bits per heavy atom. The normalized spacial score (nSPS) is 10.6. The van der Waals surface area contributed by atoms with Crippen LogP contribution in [0.3, 0.4) is 0 Å². The Labute approximate surface area is 130 Å². The lowest BCUT2D eigenvalue weighted by atomic mass is 10.2. The molecule has 0 radical (unpaired) electrons. The molecule has 21 heavy (non-hydrogen) atoms. The second-order valence-electron chi connectivity index (χ2n) is 4.15. The van der Waals surface area contributed by atoms with Crippen molar-refractivity contribution < 1.29 is 14.6 Å². The van der Waals surface area contributed by atoms with E-state index in [0.29, 0.717) is 16.6 Å². The van der Waals surface area contributed by atoms with E-state index in [1.807, 2.05) is 13.0 Å². The summed E-state index contributed by atoms with van der Waals surface area (Å²) in [6.45, 7) is 1.99. The Kier molecular flexibility index (Phi) is 4.92. The smallest absolute Gasteiger partial charge is 0.210 e. The molecular formula is C12H12ClN4O3S-. The van der Waals surface area contributed by atoms with Crippen molar-refractivity contribution in [2.75, 3.05) is 11.6 Å². The zero-order valence-electron chi connectivity index (χ0n) is 11.1. The summed E-state index contributed by atoms with van der Waals surface area (Å²) in [7, 11) is 0. The van der Waals surface area contributed by atoms with E-state index in [1.165, 1.54) is 4.68 Å². The number of nitrogen functional groups attached to an aromatic ring is 1. The number of carbonyl (C=O) groups excluding carboxylic acids is 1. The molecule has 2 rings (SSSR count). The summed E-state index contributed by atoms with van der Waals surface area (Å²) in [5.74, 6) is 5.19. The van der Waals surface area contributed by atoms with Crippen LogP contribution in [0.2, 0.25) is 5.02 Å². The molecule has 1 aromatic heterocycles. The van der Waals surface area contributed by atoms with Crippen LogP contribution >= 0.6 is 23.4 Å². The van der Waals surface area contributed by atoms with Crippen molar-refractivity contribution in [3.8, 4) is 5.75 Å². The number of hydrogen-bond acceptors (Lipinski definition) is 7. The molecule has 0 aliphatic heterocycles. The molecule has 1 heterocycles. The van der Waals surface area contributed by atoms with Gasteiger partial charge in [-0.3, -0.25) is 0 Å². The van der Waals surface area contributed by atoms with E-state index in [1.54, 1.807) is 12.1 Å². The topological polar surface area (TPSA) is 106 Å². The van der Waals surface area contributed by atoms with Crippen molar-refractivity contribution in [1.82, 2.24) is 14.9 Å². The van der Waals surface area contributed by atoms with Crippen molar-refractivity contribution in [1.29, 1.82) is 0 Å². The van der Waals surface area contributed by atoms with E-state index in [4.69, 9.17) is 22.2 Å². The summed E-state index contributed by atoms with van der Waals surface area (Å²) in [6.07, 6.45) is 0. The first kappa shape index (κ1) is 15.5. The van der Waals surface area contributed by atoms with E-state index >= 15 is 0 Å². The Bertz CT molecular complexity index is 662. The minimum Gasteiger partial charge on any atom is -0.549 e. The average molecular weight is 328 g/mol. The van der Waals surface area contributed by atoms with Gasteiger partial charge in [-0.1, -0.05) is 29.4 Å². The molecule has 0 fully saturated rings. The third kappa shape index (κ3) is 4.02. The van der Waals surface area contributed by atoms with E-state index in [9.17, 15) is 9.90 Å². The van der Waals surface area contributed by atoms with Crippen LogP contribution in [-0.2, 0) is 11.4 Å². The molecule has 0 unspecified atom stereocenters. The predicted octanol–water partition coefficient (Wildman–Crippen LogP) is 0.375. The lowest BCUT2D eigenvalue weighted by Gasteiger charge is -2.08. The number of benzene rings is 1. The minimum atomic E-state index is -1.20. The van der Waals surface area contributed by atoms with Crippen LogP contribution < -0.4 is 15.7 Å². The fourth-order valence-corrected chi connectivity index (χ4v) is 2.25. The first-order chi connectivity index (χ1) is 9.97. The maximum atomic E-state index is 10.4. The highest BCUT2D eigenvalue weighted by atomic mass is 35.5. The van der Waals surface area contributed by atoms with Crippen LogP contribution in [0, 0.1) is 6.92 Å². The van der Waals surface area contributed by atoms with Gasteiger partial charge in [0, 0.05) is 5.75 Å². The number of hydrogen-bond donors (Lipinski definition) is 1. The van der Waals surface area contributed by atoms with E-state index in [-0.39, 0.29) is 17.5 Å². The Morgan fingerprint density at radius 1 is 1.52 bits per heavy atom. The van der Waals surface area contributed by atoms with Gasteiger partial charge in [0.05, 0.1) is 11.0 Å². The molecule has 2 aromatic rings. The summed E-state index contributed by atoms with van der Waals surface area (Å²) in [6, 6.07) is 5.40. The second-order valence-corrected chi connectivity index (χ2v) is 5.50. The van der Waals surface area contributed by atoms with Gasteiger partial charge in [-0.25, -0.2) is 4.68 Å². The first-order valence-corrected chi connectivity index (χ1v) is 7.24. The highest BCUT2D eigenvalue weighted by molar-refractivity contribution is 7.99. The number of carbonyl (C=O) groups is 1. The fourth-order valence-electron chi connectivity index (χ4n) is 1.49. The van der Waals surface area contributed by atoms with Crippen molar-refractivity contribution >= 4 is 29.3 Å². The zero-order valence-corrected chi connectivity index (χ0v) is 12.6. The van der Waals surface area contributed by atoms with Crippen LogP contribution in [-0.4, -0.2) is 26.6 Å². The van der Waals surface area contributed by atoms with E-state index < -0.39 is 5.97 Å². The maximum absolute atomic E-state index is 10.4. The van der Waals surface area contributed by atoms with Gasteiger partial charge in [-0.15, -0.1) is 10.2 Å². The van der Waals surface area contributed by atoms with E-state index in [2.05, 4.69) is 10.2 Å². The van der Waals surface area contributed by atoms with Crippen molar-refractivity contribution in [3.05, 3.63) is 34.6 Å². The molecule has 0 spiro atoms. The third-order valence-corrected chi connectivity index (χ3v) is 3.73. The molecule has 1 aromatic carbocycles. The molecule has 7 nitrogen and oxygen atoms in total. The van der Waals surface area contributed by atoms with Crippen molar-refractivity contribution in [2.45, 2.75) is 18.7 Å². The van der Waals surface area contributed by atoms with Gasteiger partial charge in [0.2, 0.25) is 5.16 Å².